The van der Waals surface area contributed by atoms with E-state index in [1.165, 1.54) is 12.1 Å². The van der Waals surface area contributed by atoms with Crippen molar-refractivity contribution in [2.24, 2.45) is 0 Å². The van der Waals surface area contributed by atoms with Gasteiger partial charge in [-0.3, -0.25) is 5.21 Å². The summed E-state index contributed by atoms with van der Waals surface area (Å²) in [5, 5.41) is 19.3. The van der Waals surface area contributed by atoms with E-state index in [-0.39, 0.29) is 16.9 Å². The van der Waals surface area contributed by atoms with Crippen molar-refractivity contribution < 1.29 is 14.7 Å². The maximum Gasteiger partial charge on any atom is 0.354 e. The maximum atomic E-state index is 12.1. The van der Waals surface area contributed by atoms with E-state index in [0.29, 0.717) is 25.4 Å². The zero-order valence-electron chi connectivity index (χ0n) is 12.6. The highest BCUT2D eigenvalue weighted by Gasteiger charge is 2.16. The van der Waals surface area contributed by atoms with Crippen molar-refractivity contribution >= 4 is 17.7 Å². The zero-order valence-corrected chi connectivity index (χ0v) is 12.6. The Kier molecular flexibility index (Phi) is 6.71. The van der Waals surface area contributed by atoms with Crippen molar-refractivity contribution in [2.45, 2.75) is 20.8 Å². The molecule has 0 aliphatic rings. The first kappa shape index (κ1) is 17.0. The SMILES string of the molecule is CCOC(=O)/C(=C\c1ccc(N([O-])O)cc1)N(CC)CC. The van der Waals surface area contributed by atoms with E-state index in [0.717, 1.165) is 5.56 Å². The van der Waals surface area contributed by atoms with Gasteiger partial charge in [-0.25, -0.2) is 4.79 Å². The first-order chi connectivity index (χ1) is 10.0. The van der Waals surface area contributed by atoms with Gasteiger partial charge in [0.25, 0.3) is 0 Å². The highest BCUT2D eigenvalue weighted by atomic mass is 16.8. The number of carbonyl (C=O) groups is 1. The van der Waals surface area contributed by atoms with Gasteiger partial charge in [0.2, 0.25) is 0 Å². The molecule has 0 atom stereocenters. The van der Waals surface area contributed by atoms with Crippen LogP contribution in [0.5, 0.6) is 0 Å². The molecule has 0 radical (unpaired) electrons. The highest BCUT2D eigenvalue weighted by molar-refractivity contribution is 5.93. The Hall–Kier alpha value is -2.05. The third kappa shape index (κ3) is 4.77. The number of anilines is 1. The van der Waals surface area contributed by atoms with Gasteiger partial charge in [-0.15, -0.1) is 0 Å². The molecular formula is C15H21N2O4-. The molecule has 0 aliphatic carbocycles. The molecule has 6 heteroatoms. The first-order valence-corrected chi connectivity index (χ1v) is 6.93. The summed E-state index contributed by atoms with van der Waals surface area (Å²) in [6.45, 7) is 7.36. The smallest absolute Gasteiger partial charge is 0.354 e. The van der Waals surface area contributed by atoms with Crippen LogP contribution >= 0.6 is 0 Å². The van der Waals surface area contributed by atoms with E-state index in [9.17, 15) is 10.0 Å². The maximum absolute atomic E-state index is 12.1. The molecule has 21 heavy (non-hydrogen) atoms. The molecule has 1 N–H and O–H groups in total. The minimum Gasteiger partial charge on any atom is -0.733 e. The fraction of sp³-hybridized carbons (Fsp3) is 0.400. The largest absolute Gasteiger partial charge is 0.733 e. The molecule has 0 saturated heterocycles. The molecule has 0 saturated carbocycles. The van der Waals surface area contributed by atoms with E-state index < -0.39 is 0 Å². The summed E-state index contributed by atoms with van der Waals surface area (Å²) in [5.41, 5.74) is 1.35. The van der Waals surface area contributed by atoms with Gasteiger partial charge in [-0.2, -0.15) is 0 Å². The van der Waals surface area contributed by atoms with Crippen LogP contribution in [-0.2, 0) is 9.53 Å². The minimum absolute atomic E-state index is 0.132. The highest BCUT2D eigenvalue weighted by Crippen LogP contribution is 2.17. The quantitative estimate of drug-likeness (QED) is 0.473. The Morgan fingerprint density at radius 3 is 2.24 bits per heavy atom. The predicted molar refractivity (Wildman–Crippen MR) is 81.6 cm³/mol. The Labute approximate surface area is 124 Å². The molecule has 0 fully saturated rings. The molecule has 116 valence electrons. The number of rotatable bonds is 7. The van der Waals surface area contributed by atoms with E-state index in [2.05, 4.69) is 0 Å². The van der Waals surface area contributed by atoms with Crippen LogP contribution in [0, 0.1) is 5.21 Å². The van der Waals surface area contributed by atoms with Gasteiger partial charge in [0.05, 0.1) is 12.3 Å². The summed E-state index contributed by atoms with van der Waals surface area (Å²) < 4.78 is 5.08. The predicted octanol–water partition coefficient (Wildman–Crippen LogP) is 2.63. The molecule has 0 bridgehead atoms. The van der Waals surface area contributed by atoms with Crippen LogP contribution in [0.2, 0.25) is 0 Å². The normalized spacial score (nSPS) is 11.2. The number of hydrogen-bond acceptors (Lipinski definition) is 6. The lowest BCUT2D eigenvalue weighted by Crippen LogP contribution is -2.28. The van der Waals surface area contributed by atoms with Crippen LogP contribution in [0.15, 0.2) is 30.0 Å². The van der Waals surface area contributed by atoms with Gasteiger partial charge in [0, 0.05) is 13.1 Å². The molecule has 1 rings (SSSR count). The molecular weight excluding hydrogens is 272 g/mol. The fourth-order valence-corrected chi connectivity index (χ4v) is 1.90. The lowest BCUT2D eigenvalue weighted by atomic mass is 10.1. The number of likely N-dealkylation sites (N-methyl/N-ethyl adjacent to an activating group) is 1. The van der Waals surface area contributed by atoms with E-state index in [4.69, 9.17) is 9.94 Å². The lowest BCUT2D eigenvalue weighted by Gasteiger charge is -2.23. The third-order valence-electron chi connectivity index (χ3n) is 3.01. The summed E-state index contributed by atoms with van der Waals surface area (Å²) in [5.74, 6) is -0.377. The number of ether oxygens (including phenoxy) is 1. The first-order valence-electron chi connectivity index (χ1n) is 6.93. The van der Waals surface area contributed by atoms with Crippen LogP contribution in [0.3, 0.4) is 0 Å². The summed E-state index contributed by atoms with van der Waals surface area (Å²) >= 11 is 0. The van der Waals surface area contributed by atoms with Crippen LogP contribution in [0.1, 0.15) is 26.3 Å². The van der Waals surface area contributed by atoms with Crippen molar-refractivity contribution in [1.82, 2.24) is 4.90 Å². The second-order valence-electron chi connectivity index (χ2n) is 4.29. The van der Waals surface area contributed by atoms with Crippen molar-refractivity contribution in [3.63, 3.8) is 0 Å². The summed E-state index contributed by atoms with van der Waals surface area (Å²) in [6.07, 6.45) is 1.71. The second kappa shape index (κ2) is 8.28. The Bertz CT molecular complexity index is 479. The van der Waals surface area contributed by atoms with Crippen molar-refractivity contribution in [3.8, 4) is 0 Å². The van der Waals surface area contributed by atoms with Crippen molar-refractivity contribution in [1.29, 1.82) is 0 Å². The molecule has 0 aromatic heterocycles. The minimum atomic E-state index is -0.377. The van der Waals surface area contributed by atoms with Gasteiger partial charge in [0.15, 0.2) is 0 Å². The van der Waals surface area contributed by atoms with E-state index >= 15 is 0 Å². The number of esters is 1. The number of benzene rings is 1. The van der Waals surface area contributed by atoms with Gasteiger partial charge < -0.3 is 20.1 Å². The van der Waals surface area contributed by atoms with Gasteiger partial charge >= 0.3 is 5.97 Å². The molecule has 0 amide bonds. The van der Waals surface area contributed by atoms with Gasteiger partial charge in [-0.1, -0.05) is 12.1 Å². The number of carbonyl (C=O) groups excluding carboxylic acids is 1. The standard InChI is InChI=1S/C15H21N2O4/c1-4-16(5-2)14(15(18)21-6-3)11-12-7-9-13(10-8-12)17(19)20/h7-11,19H,4-6H2,1-3H3/q-1/b14-11+. The molecule has 1 aromatic rings. The average molecular weight is 293 g/mol. The fourth-order valence-electron chi connectivity index (χ4n) is 1.90. The second-order valence-corrected chi connectivity index (χ2v) is 4.29. The van der Waals surface area contributed by atoms with Crippen LogP contribution in [-0.4, -0.2) is 35.8 Å². The lowest BCUT2D eigenvalue weighted by molar-refractivity contribution is -0.140. The van der Waals surface area contributed by atoms with E-state index in [1.54, 1.807) is 25.1 Å². The molecule has 0 spiro atoms. The Morgan fingerprint density at radius 1 is 1.24 bits per heavy atom. The van der Waals surface area contributed by atoms with Crippen LogP contribution < -0.4 is 5.23 Å². The average Bonchev–Trinajstić information content (AvgIpc) is 2.48. The third-order valence-corrected chi connectivity index (χ3v) is 3.01. The molecule has 0 aliphatic heterocycles. The molecule has 0 heterocycles. The summed E-state index contributed by atoms with van der Waals surface area (Å²) in [6, 6.07) is 6.26. The Morgan fingerprint density at radius 2 is 1.81 bits per heavy atom. The molecule has 0 unspecified atom stereocenters. The zero-order chi connectivity index (χ0) is 15.8. The van der Waals surface area contributed by atoms with Crippen LogP contribution in [0.4, 0.5) is 5.69 Å². The Balaban J connectivity index is 3.08. The molecule has 1 aromatic carbocycles. The van der Waals surface area contributed by atoms with Crippen molar-refractivity contribution in [3.05, 3.63) is 40.7 Å². The number of nitrogens with zero attached hydrogens (tertiary/aromatic N) is 2. The molecule has 6 nitrogen and oxygen atoms in total. The van der Waals surface area contributed by atoms with E-state index in [1.807, 2.05) is 18.7 Å². The van der Waals surface area contributed by atoms with Gasteiger partial charge in [-0.05, 0) is 44.5 Å². The van der Waals surface area contributed by atoms with Crippen molar-refractivity contribution in [2.75, 3.05) is 24.9 Å². The van der Waals surface area contributed by atoms with Crippen LogP contribution in [0.25, 0.3) is 6.08 Å². The topological polar surface area (TPSA) is 76.1 Å². The van der Waals surface area contributed by atoms with Gasteiger partial charge in [0.1, 0.15) is 5.70 Å². The number of hydrogen-bond donors (Lipinski definition) is 1. The summed E-state index contributed by atoms with van der Waals surface area (Å²) in [4.78, 5) is 14.0. The summed E-state index contributed by atoms with van der Waals surface area (Å²) in [7, 11) is 0. The monoisotopic (exact) mass is 293 g/mol.